The Kier molecular flexibility index (Phi) is 9.35. The number of amides is 2. The van der Waals surface area contributed by atoms with E-state index in [0.717, 1.165) is 48.8 Å². The second-order valence-corrected chi connectivity index (χ2v) is 17.9. The second kappa shape index (κ2) is 14.0. The van der Waals surface area contributed by atoms with Crippen molar-refractivity contribution in [3.05, 3.63) is 88.0 Å². The normalized spacial score (nSPS) is 34.5. The first-order valence-corrected chi connectivity index (χ1v) is 20.5. The molecule has 2 aromatic carbocycles. The van der Waals surface area contributed by atoms with Crippen LogP contribution in [0.5, 0.6) is 0 Å². The maximum absolute atomic E-state index is 14.4. The molecule has 2 aromatic rings. The lowest BCUT2D eigenvalue weighted by molar-refractivity contribution is -0.172. The van der Waals surface area contributed by atoms with Gasteiger partial charge < -0.3 is 34.3 Å². The van der Waals surface area contributed by atoms with E-state index in [1.54, 1.807) is 4.90 Å². The number of carbonyl (C=O) groups excluding carboxylic acids is 3. The van der Waals surface area contributed by atoms with Gasteiger partial charge in [0.25, 0.3) is 0 Å². The molecule has 3 aliphatic heterocycles. The number of fused-ring (bicyclic) bond motifs is 4. The summed E-state index contributed by atoms with van der Waals surface area (Å²) in [7, 11) is 0. The molecule has 8 atom stereocenters. The Balaban J connectivity index is 0.991. The van der Waals surface area contributed by atoms with E-state index in [2.05, 4.69) is 44.3 Å². The van der Waals surface area contributed by atoms with Crippen molar-refractivity contribution in [2.75, 3.05) is 19.7 Å². The third-order valence-electron chi connectivity index (χ3n) is 13.9. The van der Waals surface area contributed by atoms with E-state index in [4.69, 9.17) is 18.9 Å². The largest absolute Gasteiger partial charge is 0.456 e. The number of aliphatic hydroxyl groups is 1. The maximum atomic E-state index is 14.4. The van der Waals surface area contributed by atoms with Gasteiger partial charge in [0.15, 0.2) is 5.79 Å². The van der Waals surface area contributed by atoms with Crippen LogP contribution in [0.4, 0.5) is 0 Å². The molecule has 9 rings (SSSR count). The molecule has 0 aromatic heterocycles. The predicted molar refractivity (Wildman–Crippen MR) is 205 cm³/mol. The van der Waals surface area contributed by atoms with E-state index in [1.165, 1.54) is 5.57 Å². The van der Waals surface area contributed by atoms with Crippen LogP contribution in [0.15, 0.2) is 65.8 Å². The van der Waals surface area contributed by atoms with Crippen LogP contribution in [0, 0.1) is 17.3 Å². The number of nitrogens with zero attached hydrogens (tertiary/aromatic N) is 1. The molecule has 3 saturated heterocycles. The quantitative estimate of drug-likeness (QED) is 0.273. The molecule has 0 bridgehead atoms. The van der Waals surface area contributed by atoms with Crippen LogP contribution in [0.25, 0.3) is 6.08 Å². The summed E-state index contributed by atoms with van der Waals surface area (Å²) < 4.78 is 26.2. The molecular formula is C45H54N2O8. The summed E-state index contributed by atoms with van der Waals surface area (Å²) in [5, 5.41) is 12.0. The zero-order chi connectivity index (χ0) is 38.1. The summed E-state index contributed by atoms with van der Waals surface area (Å²) in [4.78, 5) is 43.3. The Morgan fingerprint density at radius 1 is 0.982 bits per heavy atom. The van der Waals surface area contributed by atoms with Gasteiger partial charge in [-0.25, -0.2) is 4.79 Å². The van der Waals surface area contributed by atoms with Crippen molar-refractivity contribution in [2.45, 2.75) is 127 Å². The number of ether oxygens (including phenoxy) is 4. The van der Waals surface area contributed by atoms with Crippen molar-refractivity contribution in [1.82, 2.24) is 10.2 Å². The van der Waals surface area contributed by atoms with Gasteiger partial charge in [0, 0.05) is 37.9 Å². The zero-order valence-corrected chi connectivity index (χ0v) is 32.3. The summed E-state index contributed by atoms with van der Waals surface area (Å²) in [5.41, 5.74) is 5.74. The van der Waals surface area contributed by atoms with Gasteiger partial charge in [-0.2, -0.15) is 0 Å². The lowest BCUT2D eigenvalue weighted by atomic mass is 9.52. The number of nitrogens with one attached hydrogen (secondary N) is 1. The van der Waals surface area contributed by atoms with E-state index in [-0.39, 0.29) is 48.5 Å². The Bertz CT molecular complexity index is 1910. The molecule has 5 fully saturated rings. The SMILES string of the molecule is CC1(C)CC2C(=Cc3ccccc3C(=O)OC3CC(C(=O)N4CCCC4C(=O)NCCO)=CC4OC5(Cc6ccccc6C5)OC43)CCC3OC3(C)CCC21. The number of epoxide rings is 1. The fourth-order valence-corrected chi connectivity index (χ4v) is 10.8. The van der Waals surface area contributed by atoms with Crippen molar-refractivity contribution in [3.8, 4) is 0 Å². The minimum Gasteiger partial charge on any atom is -0.456 e. The fourth-order valence-electron chi connectivity index (χ4n) is 10.8. The Labute approximate surface area is 323 Å². The standard InChI is InChI=1S/C45H54N2O8/c1-43(2)26-33-28(14-15-38-44(3,54-38)17-16-34(33)43)21-27-9-6-7-12-32(27)42(51)52-36-22-31(41(50)47-19-8-13-35(47)40(49)46-18-20-48)23-37-39(36)55-45(53-37)24-29-10-4-5-11-30(29)25-45/h4-7,9-12,21,23,33-39,48H,8,13-20,22,24-26H2,1-3H3,(H,46,49). The highest BCUT2D eigenvalue weighted by molar-refractivity contribution is 5.98. The van der Waals surface area contributed by atoms with E-state index in [1.807, 2.05) is 42.5 Å². The Morgan fingerprint density at radius 3 is 2.51 bits per heavy atom. The Hall–Kier alpha value is -3.83. The zero-order valence-electron chi connectivity index (χ0n) is 32.3. The summed E-state index contributed by atoms with van der Waals surface area (Å²) in [6.07, 6.45) is 10.1. The number of rotatable bonds is 7. The van der Waals surface area contributed by atoms with E-state index < -0.39 is 36.1 Å². The van der Waals surface area contributed by atoms with E-state index in [0.29, 0.717) is 55.2 Å². The number of allylic oxidation sites excluding steroid dienone is 1. The van der Waals surface area contributed by atoms with Crippen LogP contribution in [0.1, 0.15) is 99.2 Å². The van der Waals surface area contributed by atoms with Gasteiger partial charge in [0.05, 0.1) is 23.9 Å². The molecule has 2 amide bonds. The highest BCUT2D eigenvalue weighted by Gasteiger charge is 2.57. The van der Waals surface area contributed by atoms with E-state index >= 15 is 0 Å². The number of benzene rings is 2. The molecular weight excluding hydrogens is 697 g/mol. The number of likely N-dealkylation sites (tertiary alicyclic amines) is 1. The number of esters is 1. The average molecular weight is 751 g/mol. The number of hydrogen-bond acceptors (Lipinski definition) is 8. The van der Waals surface area contributed by atoms with Crippen molar-refractivity contribution >= 4 is 23.9 Å². The fraction of sp³-hybridized carbons (Fsp3) is 0.578. The minimum absolute atomic E-state index is 0.00612. The third kappa shape index (κ3) is 6.77. The van der Waals surface area contributed by atoms with Gasteiger partial charge in [-0.3, -0.25) is 9.59 Å². The Morgan fingerprint density at radius 2 is 1.75 bits per heavy atom. The van der Waals surface area contributed by atoms with Crippen molar-refractivity contribution in [1.29, 1.82) is 0 Å². The number of carbonyl (C=O) groups is 3. The van der Waals surface area contributed by atoms with Crippen molar-refractivity contribution in [3.63, 3.8) is 0 Å². The number of hydrogen-bond donors (Lipinski definition) is 2. The van der Waals surface area contributed by atoms with Crippen molar-refractivity contribution < 1.29 is 38.4 Å². The van der Waals surface area contributed by atoms with Crippen molar-refractivity contribution in [2.24, 2.45) is 17.3 Å². The molecule has 3 heterocycles. The molecule has 292 valence electrons. The molecule has 10 heteroatoms. The first-order chi connectivity index (χ1) is 26.5. The molecule has 1 spiro atoms. The topological polar surface area (TPSA) is 127 Å². The lowest BCUT2D eigenvalue weighted by Crippen LogP contribution is -2.49. The van der Waals surface area contributed by atoms with Gasteiger partial charge >= 0.3 is 5.97 Å². The van der Waals surface area contributed by atoms with Crippen LogP contribution < -0.4 is 5.32 Å². The lowest BCUT2D eigenvalue weighted by Gasteiger charge is -2.53. The molecule has 55 heavy (non-hydrogen) atoms. The van der Waals surface area contributed by atoms with Crippen LogP contribution in [0.2, 0.25) is 0 Å². The summed E-state index contributed by atoms with van der Waals surface area (Å²) in [6, 6.07) is 15.2. The van der Waals surface area contributed by atoms with Gasteiger partial charge in [-0.15, -0.1) is 0 Å². The van der Waals surface area contributed by atoms with Gasteiger partial charge in [-0.05, 0) is 98.0 Å². The monoisotopic (exact) mass is 750 g/mol. The molecule has 2 N–H and O–H groups in total. The van der Waals surface area contributed by atoms with Gasteiger partial charge in [-0.1, -0.05) is 68.0 Å². The van der Waals surface area contributed by atoms with Crippen LogP contribution in [0.3, 0.4) is 0 Å². The van der Waals surface area contributed by atoms with Crippen LogP contribution in [-0.4, -0.2) is 89.3 Å². The second-order valence-electron chi connectivity index (χ2n) is 17.9. The van der Waals surface area contributed by atoms with Crippen LogP contribution in [-0.2, 0) is 41.4 Å². The summed E-state index contributed by atoms with van der Waals surface area (Å²) in [6.45, 7) is 7.41. The minimum atomic E-state index is -0.924. The molecule has 4 aliphatic carbocycles. The summed E-state index contributed by atoms with van der Waals surface area (Å²) >= 11 is 0. The highest BCUT2D eigenvalue weighted by Crippen LogP contribution is 2.60. The average Bonchev–Trinajstić information content (AvgIpc) is 3.54. The summed E-state index contributed by atoms with van der Waals surface area (Å²) in [5.74, 6) is -0.871. The van der Waals surface area contributed by atoms with E-state index in [9.17, 15) is 19.5 Å². The molecule has 7 aliphatic rings. The van der Waals surface area contributed by atoms with Gasteiger partial charge in [0.1, 0.15) is 24.4 Å². The smallest absolute Gasteiger partial charge is 0.339 e. The molecule has 8 unspecified atom stereocenters. The molecule has 0 radical (unpaired) electrons. The third-order valence-corrected chi connectivity index (χ3v) is 13.9. The predicted octanol–water partition coefficient (Wildman–Crippen LogP) is 5.70. The first kappa shape index (κ1) is 36.8. The molecule has 2 saturated carbocycles. The van der Waals surface area contributed by atoms with Gasteiger partial charge in [0.2, 0.25) is 11.8 Å². The van der Waals surface area contributed by atoms with Crippen LogP contribution >= 0.6 is 0 Å². The maximum Gasteiger partial charge on any atom is 0.339 e. The highest BCUT2D eigenvalue weighted by atomic mass is 16.8. The first-order valence-electron chi connectivity index (χ1n) is 20.5. The number of aliphatic hydroxyl groups excluding tert-OH is 1. The molecule has 10 nitrogen and oxygen atoms in total.